The van der Waals surface area contributed by atoms with Crippen LogP contribution in [0.15, 0.2) is 83.8 Å². The minimum Gasteiger partial charge on any atom is -0.486 e. The molecule has 5 aromatic rings. The molecule has 1 aliphatic rings. The number of nitrogens with one attached hydrogen (secondary N) is 3. The van der Waals surface area contributed by atoms with E-state index in [-0.39, 0.29) is 23.8 Å². The lowest BCUT2D eigenvalue weighted by molar-refractivity contribution is -0.118. The second-order valence-electron chi connectivity index (χ2n) is 10.9. The number of rotatable bonds is 10. The quantitative estimate of drug-likeness (QED) is 0.127. The molecule has 6 rings (SSSR count). The van der Waals surface area contributed by atoms with Crippen LogP contribution >= 0.6 is 35.3 Å². The van der Waals surface area contributed by atoms with Gasteiger partial charge in [-0.3, -0.25) is 19.6 Å². The summed E-state index contributed by atoms with van der Waals surface area (Å²) in [6.45, 7) is 4.21. The zero-order valence-corrected chi connectivity index (χ0v) is 28.0. The standard InChI is InChI=1S/C34H30ClN5O5S2/c1-19-14-26(15-20(2)31(19)47-39-33(42)36-23-8-6-22(35)7-9-23)45-25-12-13-27-28(17-25)40(3)30(37-27)18-44-24-10-4-21(5-11-24)16-29-32(41)38-34(43)46-29/h4-15,17,29H,16,18H2,1-3H3,(H2,36,39,42)(H,38,41,43). The first-order valence-corrected chi connectivity index (χ1v) is 16.7. The number of carbonyl (C=O) groups excluding carboxylic acids is 3. The number of fused-ring (bicyclic) bond motifs is 1. The van der Waals surface area contributed by atoms with Crippen molar-refractivity contribution in [3.8, 4) is 17.2 Å². The number of aryl methyl sites for hydroxylation is 3. The summed E-state index contributed by atoms with van der Waals surface area (Å²) in [4.78, 5) is 41.3. The monoisotopic (exact) mass is 687 g/mol. The van der Waals surface area contributed by atoms with Gasteiger partial charge in [0.2, 0.25) is 5.91 Å². The number of ether oxygens (including phenoxy) is 2. The van der Waals surface area contributed by atoms with Crippen molar-refractivity contribution in [2.24, 2.45) is 7.05 Å². The molecule has 1 fully saturated rings. The molecule has 10 nitrogen and oxygen atoms in total. The zero-order chi connectivity index (χ0) is 33.1. The molecule has 240 valence electrons. The molecule has 3 N–H and O–H groups in total. The molecule has 47 heavy (non-hydrogen) atoms. The van der Waals surface area contributed by atoms with E-state index in [1.807, 2.05) is 80.1 Å². The third-order valence-electron chi connectivity index (χ3n) is 7.44. The van der Waals surface area contributed by atoms with Gasteiger partial charge >= 0.3 is 6.03 Å². The highest BCUT2D eigenvalue weighted by Crippen LogP contribution is 2.33. The lowest BCUT2D eigenvalue weighted by atomic mass is 10.1. The van der Waals surface area contributed by atoms with Crippen LogP contribution < -0.4 is 24.8 Å². The number of nitrogens with zero attached hydrogens (tertiary/aromatic N) is 2. The SMILES string of the molecule is Cc1cc(Oc2ccc3nc(COc4ccc(CC5SC(=O)NC5=O)cc4)n(C)c3c2)cc(C)c1SNC(=O)Nc1ccc(Cl)cc1. The van der Waals surface area contributed by atoms with E-state index in [1.165, 1.54) is 11.9 Å². The van der Waals surface area contributed by atoms with Crippen LogP contribution in [0.5, 0.6) is 17.2 Å². The van der Waals surface area contributed by atoms with Crippen molar-refractivity contribution < 1.29 is 23.9 Å². The number of benzene rings is 4. The molecule has 4 aromatic carbocycles. The van der Waals surface area contributed by atoms with Gasteiger partial charge in [-0.05, 0) is 110 Å². The predicted octanol–water partition coefficient (Wildman–Crippen LogP) is 7.94. The highest BCUT2D eigenvalue weighted by atomic mass is 35.5. The summed E-state index contributed by atoms with van der Waals surface area (Å²) >= 11 is 8.18. The fourth-order valence-corrected chi connectivity index (χ4v) is 6.75. The molecule has 0 bridgehead atoms. The van der Waals surface area contributed by atoms with E-state index < -0.39 is 5.25 Å². The summed E-state index contributed by atoms with van der Waals surface area (Å²) in [5.41, 5.74) is 5.23. The molecule has 0 saturated carbocycles. The molecular weight excluding hydrogens is 658 g/mol. The average Bonchev–Trinajstić information content (AvgIpc) is 3.53. The van der Waals surface area contributed by atoms with Gasteiger partial charge in [-0.2, -0.15) is 0 Å². The van der Waals surface area contributed by atoms with Crippen LogP contribution in [-0.4, -0.2) is 32.0 Å². The predicted molar refractivity (Wildman–Crippen MR) is 186 cm³/mol. The summed E-state index contributed by atoms with van der Waals surface area (Å²) in [6, 6.07) is 23.7. The Labute approximate surface area is 284 Å². The van der Waals surface area contributed by atoms with Crippen molar-refractivity contribution in [3.63, 3.8) is 0 Å². The third-order valence-corrected chi connectivity index (χ3v) is 9.81. The Kier molecular flexibility index (Phi) is 9.62. The second-order valence-corrected chi connectivity index (χ2v) is 13.3. The zero-order valence-electron chi connectivity index (χ0n) is 25.6. The van der Waals surface area contributed by atoms with E-state index in [2.05, 4.69) is 15.4 Å². The molecule has 1 unspecified atom stereocenters. The first-order valence-electron chi connectivity index (χ1n) is 14.6. The molecule has 1 saturated heterocycles. The number of halogens is 1. The largest absolute Gasteiger partial charge is 0.486 e. The highest BCUT2D eigenvalue weighted by Gasteiger charge is 2.31. The summed E-state index contributed by atoms with van der Waals surface area (Å²) in [6.07, 6.45) is 0.474. The minimum atomic E-state index is -0.404. The maximum atomic E-state index is 12.4. The van der Waals surface area contributed by atoms with Crippen molar-refractivity contribution in [2.45, 2.75) is 37.0 Å². The van der Waals surface area contributed by atoms with Crippen LogP contribution in [0.4, 0.5) is 15.3 Å². The Morgan fingerprint density at radius 2 is 1.68 bits per heavy atom. The summed E-state index contributed by atoms with van der Waals surface area (Å²) < 4.78 is 17.1. The number of hydrogen-bond donors (Lipinski definition) is 3. The van der Waals surface area contributed by atoms with Gasteiger partial charge in [-0.25, -0.2) is 9.78 Å². The molecule has 1 atom stereocenters. The van der Waals surface area contributed by atoms with E-state index in [9.17, 15) is 14.4 Å². The summed E-state index contributed by atoms with van der Waals surface area (Å²) in [5.74, 6) is 2.52. The molecule has 13 heteroatoms. The van der Waals surface area contributed by atoms with Crippen LogP contribution in [0.2, 0.25) is 5.02 Å². The second kappa shape index (κ2) is 14.0. The Hall–Kier alpha value is -4.65. The van der Waals surface area contributed by atoms with Crippen molar-refractivity contribution in [1.82, 2.24) is 19.6 Å². The van der Waals surface area contributed by atoms with Gasteiger partial charge in [0.25, 0.3) is 5.24 Å². The number of hydrogen-bond acceptors (Lipinski definition) is 8. The fraction of sp³-hybridized carbons (Fsp3) is 0.176. The number of aromatic nitrogens is 2. The topological polar surface area (TPSA) is 124 Å². The van der Waals surface area contributed by atoms with Crippen molar-refractivity contribution in [2.75, 3.05) is 5.32 Å². The number of anilines is 1. The number of imide groups is 1. The van der Waals surface area contributed by atoms with Crippen LogP contribution in [-0.2, 0) is 24.9 Å². The maximum absolute atomic E-state index is 12.4. The first kappa shape index (κ1) is 32.3. The molecule has 0 radical (unpaired) electrons. The minimum absolute atomic E-state index is 0.250. The summed E-state index contributed by atoms with van der Waals surface area (Å²) in [7, 11) is 1.93. The molecule has 1 aliphatic heterocycles. The van der Waals surface area contributed by atoms with E-state index in [4.69, 9.17) is 26.1 Å². The number of thioether (sulfide) groups is 1. The summed E-state index contributed by atoms with van der Waals surface area (Å²) in [5, 5.41) is 4.99. The van der Waals surface area contributed by atoms with E-state index >= 15 is 0 Å². The van der Waals surface area contributed by atoms with E-state index in [1.54, 1.807) is 24.3 Å². The lowest BCUT2D eigenvalue weighted by Gasteiger charge is -2.14. The normalized spacial score (nSPS) is 14.3. The molecule has 2 heterocycles. The highest BCUT2D eigenvalue weighted by molar-refractivity contribution is 8.15. The molecular formula is C34H30ClN5O5S2. The Balaban J connectivity index is 1.06. The molecule has 4 amide bonds. The smallest absolute Gasteiger partial charge is 0.329 e. The Morgan fingerprint density at radius 3 is 2.36 bits per heavy atom. The first-order chi connectivity index (χ1) is 22.6. The van der Waals surface area contributed by atoms with Crippen molar-refractivity contribution in [3.05, 3.63) is 106 Å². The molecule has 1 aromatic heterocycles. The van der Waals surface area contributed by atoms with Crippen molar-refractivity contribution in [1.29, 1.82) is 0 Å². The van der Waals surface area contributed by atoms with Gasteiger partial charge < -0.3 is 19.4 Å². The Morgan fingerprint density at radius 1 is 0.979 bits per heavy atom. The van der Waals surface area contributed by atoms with Gasteiger partial charge in [-0.1, -0.05) is 35.5 Å². The third kappa shape index (κ3) is 7.84. The number of carbonyl (C=O) groups is 3. The number of urea groups is 1. The lowest BCUT2D eigenvalue weighted by Crippen LogP contribution is -2.25. The van der Waals surface area contributed by atoms with Crippen LogP contribution in [0.25, 0.3) is 11.0 Å². The van der Waals surface area contributed by atoms with Gasteiger partial charge in [0.05, 0.1) is 16.3 Å². The molecule has 0 aliphatic carbocycles. The van der Waals surface area contributed by atoms with Crippen LogP contribution in [0.3, 0.4) is 0 Å². The molecule has 0 spiro atoms. The maximum Gasteiger partial charge on any atom is 0.329 e. The van der Waals surface area contributed by atoms with Gasteiger partial charge in [0.15, 0.2) is 0 Å². The van der Waals surface area contributed by atoms with Crippen molar-refractivity contribution >= 4 is 69.2 Å². The number of imidazole rings is 1. The van der Waals surface area contributed by atoms with E-state index in [0.717, 1.165) is 50.2 Å². The van der Waals surface area contributed by atoms with Gasteiger partial charge in [-0.15, -0.1) is 0 Å². The Bertz CT molecular complexity index is 1960. The van der Waals surface area contributed by atoms with Crippen LogP contribution in [0, 0.1) is 13.8 Å². The van der Waals surface area contributed by atoms with E-state index in [0.29, 0.717) is 34.4 Å². The van der Waals surface area contributed by atoms with Gasteiger partial charge in [0.1, 0.15) is 29.7 Å². The number of amides is 4. The average molecular weight is 688 g/mol. The fourth-order valence-electron chi connectivity index (χ4n) is 5.08. The van der Waals surface area contributed by atoms with Crippen LogP contribution in [0.1, 0.15) is 22.5 Å². The van der Waals surface area contributed by atoms with Gasteiger partial charge in [0, 0.05) is 28.7 Å².